The molecule has 162 valence electrons. The molecule has 7 nitrogen and oxygen atoms in total. The molecule has 0 aromatic heterocycles. The van der Waals surface area contributed by atoms with E-state index < -0.39 is 30.6 Å². The van der Waals surface area contributed by atoms with Crippen LogP contribution >= 0.6 is 0 Å². The molecule has 1 saturated heterocycles. The Labute approximate surface area is 177 Å². The summed E-state index contributed by atoms with van der Waals surface area (Å²) in [6.45, 7) is 0.0607. The van der Waals surface area contributed by atoms with Crippen molar-refractivity contribution in [2.75, 3.05) is 11.4 Å². The molecule has 1 fully saturated rings. The van der Waals surface area contributed by atoms with Crippen LogP contribution in [0, 0.1) is 0 Å². The van der Waals surface area contributed by atoms with Gasteiger partial charge in [-0.05, 0) is 49.6 Å². The number of imide groups is 1. The number of halogens is 2. The highest BCUT2D eigenvalue weighted by Gasteiger charge is 2.50. The van der Waals surface area contributed by atoms with Crippen LogP contribution in [0.4, 0.5) is 19.3 Å². The predicted octanol–water partition coefficient (Wildman–Crippen LogP) is 3.03. The summed E-state index contributed by atoms with van der Waals surface area (Å²) in [4.78, 5) is 41.2. The van der Waals surface area contributed by atoms with Gasteiger partial charge in [-0.15, -0.1) is 0 Å². The number of para-hydroxylation sites is 1. The molecule has 0 radical (unpaired) electrons. The minimum atomic E-state index is -2.96. The number of urea groups is 1. The van der Waals surface area contributed by atoms with E-state index in [0.29, 0.717) is 12.0 Å². The largest absolute Gasteiger partial charge is 0.435 e. The van der Waals surface area contributed by atoms with Gasteiger partial charge in [0.15, 0.2) is 0 Å². The monoisotopic (exact) mass is 429 g/mol. The normalized spacial score (nSPS) is 22.7. The average molecular weight is 429 g/mol. The van der Waals surface area contributed by atoms with Crippen LogP contribution in [0.2, 0.25) is 0 Å². The van der Waals surface area contributed by atoms with Crippen LogP contribution in [-0.4, -0.2) is 41.9 Å². The van der Waals surface area contributed by atoms with Gasteiger partial charge in [-0.3, -0.25) is 14.5 Å². The molecule has 0 bridgehead atoms. The van der Waals surface area contributed by atoms with Crippen LogP contribution in [0.25, 0.3) is 0 Å². The molecule has 2 atom stereocenters. The lowest BCUT2D eigenvalue weighted by atomic mass is 9.92. The van der Waals surface area contributed by atoms with Crippen molar-refractivity contribution in [2.45, 2.75) is 38.5 Å². The number of rotatable bonds is 5. The number of amides is 4. The lowest BCUT2D eigenvalue weighted by Crippen LogP contribution is -2.46. The molecule has 2 aliphatic rings. The second kappa shape index (κ2) is 7.64. The maximum atomic E-state index is 13.1. The Morgan fingerprint density at radius 2 is 1.87 bits per heavy atom. The van der Waals surface area contributed by atoms with Gasteiger partial charge in [-0.1, -0.05) is 30.3 Å². The fourth-order valence-corrected chi connectivity index (χ4v) is 4.16. The third-order valence-corrected chi connectivity index (χ3v) is 5.70. The molecular weight excluding hydrogens is 408 g/mol. The fourth-order valence-electron chi connectivity index (χ4n) is 4.16. The van der Waals surface area contributed by atoms with Crippen molar-refractivity contribution in [1.29, 1.82) is 0 Å². The first-order valence-corrected chi connectivity index (χ1v) is 9.80. The first-order valence-electron chi connectivity index (χ1n) is 9.80. The van der Waals surface area contributed by atoms with Gasteiger partial charge in [0.2, 0.25) is 5.91 Å². The number of carbonyl (C=O) groups excluding carboxylic acids is 3. The van der Waals surface area contributed by atoms with Crippen LogP contribution < -0.4 is 15.0 Å². The Kier molecular flexibility index (Phi) is 5.12. The second-order valence-corrected chi connectivity index (χ2v) is 7.79. The highest BCUT2D eigenvalue weighted by Crippen LogP contribution is 2.33. The maximum Gasteiger partial charge on any atom is 0.387 e. The lowest BCUT2D eigenvalue weighted by Gasteiger charge is -2.25. The number of nitrogens with one attached hydrogen (secondary N) is 1. The molecule has 2 aliphatic heterocycles. The number of benzene rings is 2. The van der Waals surface area contributed by atoms with Crippen molar-refractivity contribution in [3.05, 3.63) is 59.7 Å². The molecule has 0 spiro atoms. The van der Waals surface area contributed by atoms with Gasteiger partial charge in [0.25, 0.3) is 5.91 Å². The third kappa shape index (κ3) is 3.60. The van der Waals surface area contributed by atoms with E-state index >= 15 is 0 Å². The Bertz CT molecular complexity index is 1040. The zero-order valence-electron chi connectivity index (χ0n) is 17.0. The average Bonchev–Trinajstić information content (AvgIpc) is 3.16. The molecule has 0 unspecified atom stereocenters. The fraction of sp³-hybridized carbons (Fsp3) is 0.318. The van der Waals surface area contributed by atoms with Gasteiger partial charge in [-0.25, -0.2) is 4.79 Å². The Hall–Kier alpha value is -3.49. The van der Waals surface area contributed by atoms with Gasteiger partial charge >= 0.3 is 12.6 Å². The van der Waals surface area contributed by atoms with E-state index in [1.165, 1.54) is 31.2 Å². The zero-order chi connectivity index (χ0) is 22.3. The topological polar surface area (TPSA) is 79.0 Å². The van der Waals surface area contributed by atoms with Gasteiger partial charge < -0.3 is 15.0 Å². The third-order valence-electron chi connectivity index (χ3n) is 5.70. The molecule has 1 N–H and O–H groups in total. The van der Waals surface area contributed by atoms with E-state index in [1.807, 2.05) is 31.2 Å². The van der Waals surface area contributed by atoms with E-state index in [0.717, 1.165) is 16.2 Å². The van der Waals surface area contributed by atoms with Crippen molar-refractivity contribution in [1.82, 2.24) is 10.2 Å². The summed E-state index contributed by atoms with van der Waals surface area (Å²) in [5.74, 6) is -1.01. The molecule has 4 amide bonds. The van der Waals surface area contributed by atoms with Crippen LogP contribution in [0.5, 0.6) is 5.75 Å². The smallest absolute Gasteiger partial charge is 0.387 e. The number of carbonyl (C=O) groups is 3. The highest BCUT2D eigenvalue weighted by molar-refractivity contribution is 6.10. The minimum Gasteiger partial charge on any atom is -0.435 e. The number of nitrogens with zero attached hydrogens (tertiary/aromatic N) is 2. The van der Waals surface area contributed by atoms with Crippen molar-refractivity contribution in [3.8, 4) is 5.75 Å². The summed E-state index contributed by atoms with van der Waals surface area (Å²) in [6, 6.07) is 12.2. The first-order chi connectivity index (χ1) is 14.7. The number of ether oxygens (including phenoxy) is 1. The van der Waals surface area contributed by atoms with E-state index in [4.69, 9.17) is 0 Å². The van der Waals surface area contributed by atoms with Gasteiger partial charge in [0.05, 0.1) is 0 Å². The van der Waals surface area contributed by atoms with Crippen molar-refractivity contribution >= 4 is 23.5 Å². The molecule has 2 heterocycles. The molecule has 4 rings (SSSR count). The number of anilines is 1. The molecule has 0 aliphatic carbocycles. The Morgan fingerprint density at radius 3 is 2.55 bits per heavy atom. The van der Waals surface area contributed by atoms with Crippen LogP contribution in [0.15, 0.2) is 48.5 Å². The minimum absolute atomic E-state index is 0.0622. The summed E-state index contributed by atoms with van der Waals surface area (Å²) in [7, 11) is 0. The van der Waals surface area contributed by atoms with E-state index in [1.54, 1.807) is 4.90 Å². The van der Waals surface area contributed by atoms with Crippen molar-refractivity contribution in [2.24, 2.45) is 0 Å². The Balaban J connectivity index is 1.53. The van der Waals surface area contributed by atoms with Crippen molar-refractivity contribution < 1.29 is 27.9 Å². The second-order valence-electron chi connectivity index (χ2n) is 7.79. The van der Waals surface area contributed by atoms with Gasteiger partial charge in [0.1, 0.15) is 17.8 Å². The molecule has 31 heavy (non-hydrogen) atoms. The van der Waals surface area contributed by atoms with Gasteiger partial charge in [-0.2, -0.15) is 8.78 Å². The van der Waals surface area contributed by atoms with E-state index in [9.17, 15) is 23.2 Å². The number of fused-ring (bicyclic) bond motifs is 1. The lowest BCUT2D eigenvalue weighted by molar-refractivity contribution is -0.134. The number of hydrogen-bond donors (Lipinski definition) is 1. The summed E-state index contributed by atoms with van der Waals surface area (Å²) >= 11 is 0. The molecular formula is C22H21F2N3O4. The van der Waals surface area contributed by atoms with E-state index in [-0.39, 0.29) is 17.7 Å². The summed E-state index contributed by atoms with van der Waals surface area (Å²) < 4.78 is 29.0. The predicted molar refractivity (Wildman–Crippen MR) is 108 cm³/mol. The van der Waals surface area contributed by atoms with Crippen LogP contribution in [0.1, 0.15) is 25.0 Å². The molecule has 9 heteroatoms. The summed E-state index contributed by atoms with van der Waals surface area (Å²) in [6.07, 6.45) is 0.701. The Morgan fingerprint density at radius 1 is 1.19 bits per heavy atom. The maximum absolute atomic E-state index is 13.1. The molecule has 2 aromatic rings. The molecule has 2 aromatic carbocycles. The SMILES string of the molecule is C[C@@H]1Cc2ccccc2N1C(=O)CN1C(=O)N[C@@](C)(c2ccc(OC(F)F)cc2)C1=O. The van der Waals surface area contributed by atoms with Crippen molar-refractivity contribution in [3.63, 3.8) is 0 Å². The molecule has 0 saturated carbocycles. The van der Waals surface area contributed by atoms with Crippen LogP contribution in [0.3, 0.4) is 0 Å². The highest BCUT2D eigenvalue weighted by atomic mass is 19.3. The summed E-state index contributed by atoms with van der Waals surface area (Å²) in [5, 5.41) is 2.61. The van der Waals surface area contributed by atoms with Crippen LogP contribution in [-0.2, 0) is 21.5 Å². The van der Waals surface area contributed by atoms with E-state index in [2.05, 4.69) is 10.1 Å². The zero-order valence-corrected chi connectivity index (χ0v) is 17.0. The number of alkyl halides is 2. The standard InChI is InChI=1S/C22H21F2N3O4/c1-13-11-14-5-3-4-6-17(14)27(13)18(28)12-26-19(29)22(2,25-21(26)30)15-7-9-16(10-8-15)31-20(23)24/h3-10,13,20H,11-12H2,1-2H3,(H,25,30)/t13-,22+/m1/s1. The first kappa shape index (κ1) is 20.8. The summed E-state index contributed by atoms with van der Waals surface area (Å²) in [5.41, 5.74) is 0.790. The quantitative estimate of drug-likeness (QED) is 0.741. The number of hydrogen-bond acceptors (Lipinski definition) is 4. The van der Waals surface area contributed by atoms with Gasteiger partial charge in [0, 0.05) is 11.7 Å².